The number of amides is 1. The van der Waals surface area contributed by atoms with Crippen molar-refractivity contribution < 1.29 is 4.79 Å². The number of hydrogen-bond donors (Lipinski definition) is 1. The molecule has 0 aromatic heterocycles. The third kappa shape index (κ3) is 3.48. The minimum absolute atomic E-state index is 0.0633. The van der Waals surface area contributed by atoms with E-state index >= 15 is 0 Å². The standard InChI is InChI=1S/C14H22N2O/c1-5-10(2)9-16(4)14(17)12-6-7-13(15)11(3)8-12/h6-8,10H,5,9,15H2,1-4H3. The molecule has 1 aromatic rings. The lowest BCUT2D eigenvalue weighted by molar-refractivity contribution is 0.0775. The highest BCUT2D eigenvalue weighted by molar-refractivity contribution is 5.94. The lowest BCUT2D eigenvalue weighted by Crippen LogP contribution is -2.30. The molecule has 1 unspecified atom stereocenters. The van der Waals surface area contributed by atoms with Gasteiger partial charge in [-0.05, 0) is 36.6 Å². The maximum atomic E-state index is 12.1. The van der Waals surface area contributed by atoms with Gasteiger partial charge in [-0.2, -0.15) is 0 Å². The molecular formula is C14H22N2O. The molecule has 1 aromatic carbocycles. The topological polar surface area (TPSA) is 46.3 Å². The van der Waals surface area contributed by atoms with Gasteiger partial charge in [-0.1, -0.05) is 20.3 Å². The third-order valence-corrected chi connectivity index (χ3v) is 3.15. The largest absolute Gasteiger partial charge is 0.399 e. The number of benzene rings is 1. The van der Waals surface area contributed by atoms with E-state index in [0.717, 1.165) is 24.2 Å². The van der Waals surface area contributed by atoms with Crippen LogP contribution in [0.3, 0.4) is 0 Å². The van der Waals surface area contributed by atoms with E-state index in [9.17, 15) is 4.79 Å². The highest BCUT2D eigenvalue weighted by Crippen LogP contribution is 2.14. The fourth-order valence-electron chi connectivity index (χ4n) is 1.71. The quantitative estimate of drug-likeness (QED) is 0.814. The minimum Gasteiger partial charge on any atom is -0.399 e. The lowest BCUT2D eigenvalue weighted by atomic mass is 10.1. The van der Waals surface area contributed by atoms with E-state index in [2.05, 4.69) is 13.8 Å². The van der Waals surface area contributed by atoms with E-state index in [1.165, 1.54) is 0 Å². The van der Waals surface area contributed by atoms with Crippen molar-refractivity contribution >= 4 is 11.6 Å². The van der Waals surface area contributed by atoms with Crippen LogP contribution in [0.4, 0.5) is 5.69 Å². The van der Waals surface area contributed by atoms with E-state index in [1.807, 2.05) is 20.0 Å². The number of carbonyl (C=O) groups is 1. The summed E-state index contributed by atoms with van der Waals surface area (Å²) in [6.45, 7) is 6.99. The molecular weight excluding hydrogens is 212 g/mol. The molecule has 1 rings (SSSR count). The highest BCUT2D eigenvalue weighted by atomic mass is 16.2. The first-order valence-electron chi connectivity index (χ1n) is 6.07. The Bertz CT molecular complexity index is 401. The van der Waals surface area contributed by atoms with Crippen LogP contribution in [0.5, 0.6) is 0 Å². The Labute approximate surface area is 104 Å². The van der Waals surface area contributed by atoms with E-state index in [4.69, 9.17) is 5.73 Å². The zero-order chi connectivity index (χ0) is 13.0. The Hall–Kier alpha value is -1.51. The number of carbonyl (C=O) groups excluding carboxylic acids is 1. The molecule has 94 valence electrons. The van der Waals surface area contributed by atoms with Crippen molar-refractivity contribution in [2.75, 3.05) is 19.3 Å². The van der Waals surface area contributed by atoms with Gasteiger partial charge in [0.25, 0.3) is 5.91 Å². The summed E-state index contributed by atoms with van der Waals surface area (Å²) in [6.07, 6.45) is 1.08. The van der Waals surface area contributed by atoms with Gasteiger partial charge in [0.05, 0.1) is 0 Å². The van der Waals surface area contributed by atoms with Crippen LogP contribution in [0.15, 0.2) is 18.2 Å². The minimum atomic E-state index is 0.0633. The van der Waals surface area contributed by atoms with Gasteiger partial charge in [-0.3, -0.25) is 4.79 Å². The van der Waals surface area contributed by atoms with Gasteiger partial charge in [-0.25, -0.2) is 0 Å². The average Bonchev–Trinajstić information content (AvgIpc) is 2.31. The van der Waals surface area contributed by atoms with Crippen molar-refractivity contribution in [1.29, 1.82) is 0 Å². The molecule has 0 saturated heterocycles. The molecule has 0 fully saturated rings. The van der Waals surface area contributed by atoms with Gasteiger partial charge in [0, 0.05) is 24.8 Å². The van der Waals surface area contributed by atoms with Crippen LogP contribution >= 0.6 is 0 Å². The monoisotopic (exact) mass is 234 g/mol. The number of anilines is 1. The van der Waals surface area contributed by atoms with Crippen LogP contribution in [0.2, 0.25) is 0 Å². The van der Waals surface area contributed by atoms with Crippen molar-refractivity contribution in [1.82, 2.24) is 4.90 Å². The lowest BCUT2D eigenvalue weighted by Gasteiger charge is -2.21. The Balaban J connectivity index is 2.78. The first kappa shape index (κ1) is 13.6. The third-order valence-electron chi connectivity index (χ3n) is 3.15. The molecule has 1 amide bonds. The summed E-state index contributed by atoms with van der Waals surface area (Å²) in [7, 11) is 1.85. The molecule has 1 atom stereocenters. The summed E-state index contributed by atoms with van der Waals surface area (Å²) in [4.78, 5) is 13.9. The highest BCUT2D eigenvalue weighted by Gasteiger charge is 2.14. The van der Waals surface area contributed by atoms with Crippen LogP contribution in [0.1, 0.15) is 36.2 Å². The second kappa shape index (κ2) is 5.71. The van der Waals surface area contributed by atoms with Crippen molar-refractivity contribution in [3.05, 3.63) is 29.3 Å². The van der Waals surface area contributed by atoms with Crippen LogP contribution in [0, 0.1) is 12.8 Å². The Morgan fingerprint density at radius 2 is 2.12 bits per heavy atom. The summed E-state index contributed by atoms with van der Waals surface area (Å²) in [5.74, 6) is 0.590. The molecule has 0 radical (unpaired) electrons. The normalized spacial score (nSPS) is 12.2. The van der Waals surface area contributed by atoms with Crippen molar-refractivity contribution in [3.8, 4) is 0 Å². The molecule has 0 aliphatic carbocycles. The summed E-state index contributed by atoms with van der Waals surface area (Å²) in [5, 5.41) is 0. The smallest absolute Gasteiger partial charge is 0.253 e. The van der Waals surface area contributed by atoms with Gasteiger partial charge in [0.15, 0.2) is 0 Å². The fourth-order valence-corrected chi connectivity index (χ4v) is 1.71. The molecule has 17 heavy (non-hydrogen) atoms. The Morgan fingerprint density at radius 3 is 2.65 bits per heavy atom. The van der Waals surface area contributed by atoms with Gasteiger partial charge in [0.1, 0.15) is 0 Å². The second-order valence-electron chi connectivity index (χ2n) is 4.77. The number of rotatable bonds is 4. The Kier molecular flexibility index (Phi) is 4.55. The summed E-state index contributed by atoms with van der Waals surface area (Å²) < 4.78 is 0. The molecule has 3 heteroatoms. The number of aryl methyl sites for hydroxylation is 1. The van der Waals surface area contributed by atoms with Crippen molar-refractivity contribution in [2.24, 2.45) is 5.92 Å². The van der Waals surface area contributed by atoms with Gasteiger partial charge >= 0.3 is 0 Å². The molecule has 2 N–H and O–H groups in total. The van der Waals surface area contributed by atoms with Crippen LogP contribution in [-0.4, -0.2) is 24.4 Å². The molecule has 3 nitrogen and oxygen atoms in total. The number of hydrogen-bond acceptors (Lipinski definition) is 2. The fraction of sp³-hybridized carbons (Fsp3) is 0.500. The van der Waals surface area contributed by atoms with E-state index in [-0.39, 0.29) is 5.91 Å². The molecule has 0 heterocycles. The van der Waals surface area contributed by atoms with Crippen LogP contribution in [0.25, 0.3) is 0 Å². The van der Waals surface area contributed by atoms with Gasteiger partial charge < -0.3 is 10.6 Å². The maximum Gasteiger partial charge on any atom is 0.253 e. The molecule has 0 bridgehead atoms. The zero-order valence-electron chi connectivity index (χ0n) is 11.2. The summed E-state index contributed by atoms with van der Waals surface area (Å²) >= 11 is 0. The Morgan fingerprint density at radius 1 is 1.47 bits per heavy atom. The number of nitrogens with zero attached hydrogens (tertiary/aromatic N) is 1. The maximum absolute atomic E-state index is 12.1. The van der Waals surface area contributed by atoms with Crippen molar-refractivity contribution in [3.63, 3.8) is 0 Å². The van der Waals surface area contributed by atoms with Crippen LogP contribution in [-0.2, 0) is 0 Å². The van der Waals surface area contributed by atoms with Crippen LogP contribution < -0.4 is 5.73 Å². The van der Waals surface area contributed by atoms with Crippen molar-refractivity contribution in [2.45, 2.75) is 27.2 Å². The SMILES string of the molecule is CCC(C)CN(C)C(=O)c1ccc(N)c(C)c1. The molecule has 0 spiro atoms. The predicted octanol–water partition coefficient (Wildman–Crippen LogP) is 2.70. The molecule has 0 saturated carbocycles. The van der Waals surface area contributed by atoms with E-state index in [1.54, 1.807) is 17.0 Å². The summed E-state index contributed by atoms with van der Waals surface area (Å²) in [6, 6.07) is 5.43. The zero-order valence-corrected chi connectivity index (χ0v) is 11.2. The first-order chi connectivity index (χ1) is 7.95. The summed E-state index contributed by atoms with van der Waals surface area (Å²) in [5.41, 5.74) is 8.13. The molecule has 0 aliphatic heterocycles. The second-order valence-corrected chi connectivity index (χ2v) is 4.77. The molecule has 0 aliphatic rings. The van der Waals surface area contributed by atoms with Gasteiger partial charge in [-0.15, -0.1) is 0 Å². The first-order valence-corrected chi connectivity index (χ1v) is 6.07. The van der Waals surface area contributed by atoms with E-state index in [0.29, 0.717) is 11.5 Å². The average molecular weight is 234 g/mol. The van der Waals surface area contributed by atoms with Gasteiger partial charge in [0.2, 0.25) is 0 Å². The number of nitrogens with two attached hydrogens (primary N) is 1. The number of nitrogen functional groups attached to an aromatic ring is 1. The predicted molar refractivity (Wildman–Crippen MR) is 72.0 cm³/mol. The van der Waals surface area contributed by atoms with E-state index < -0.39 is 0 Å².